The molecule has 0 aliphatic heterocycles. The maximum Gasteiger partial charge on any atom is 0.139 e. The summed E-state index contributed by atoms with van der Waals surface area (Å²) < 4.78 is 28.3. The van der Waals surface area contributed by atoms with Crippen molar-refractivity contribution in [3.8, 4) is 0 Å². The normalized spacial score (nSPS) is 14.8. The van der Waals surface area contributed by atoms with Crippen molar-refractivity contribution < 1.29 is 8.78 Å². The van der Waals surface area contributed by atoms with Gasteiger partial charge >= 0.3 is 0 Å². The molecule has 0 atom stereocenters. The fraction of sp³-hybridized carbons (Fsp3) is 0.357. The summed E-state index contributed by atoms with van der Waals surface area (Å²) in [4.78, 5) is 0. The quantitative estimate of drug-likeness (QED) is 0.478. The van der Waals surface area contributed by atoms with Crippen molar-refractivity contribution in [2.45, 2.75) is 32.1 Å². The molecule has 0 saturated carbocycles. The smallest absolute Gasteiger partial charge is 0.139 e. The van der Waals surface area contributed by atoms with Crippen LogP contribution in [0.5, 0.6) is 0 Å². The highest BCUT2D eigenvalue weighted by Gasteiger charge is 2.22. The monoisotopic (exact) mass is 267 g/mol. The molecule has 0 amide bonds. The molecule has 0 unspecified atom stereocenters. The Labute approximate surface area is 110 Å². The first-order valence-electron chi connectivity index (χ1n) is 6.01. The molecule has 2 rings (SSSR count). The Bertz CT molecular complexity index is 497. The molecule has 0 bridgehead atoms. The molecule has 1 nitrogen and oxygen atoms in total. The predicted octanol–water partition coefficient (Wildman–Crippen LogP) is 4.44. The summed E-state index contributed by atoms with van der Waals surface area (Å²) in [6.45, 7) is 3.47. The first-order chi connectivity index (χ1) is 8.65. The molecule has 1 N–H and O–H groups in total. The highest BCUT2D eigenvalue weighted by Crippen LogP contribution is 2.29. The highest BCUT2D eigenvalue weighted by atomic mass is 32.2. The Morgan fingerprint density at radius 3 is 2.72 bits per heavy atom. The van der Waals surface area contributed by atoms with Crippen LogP contribution in [-0.2, 0) is 12.8 Å². The van der Waals surface area contributed by atoms with Gasteiger partial charge in [0, 0.05) is 0 Å². The van der Waals surface area contributed by atoms with E-state index in [0.717, 1.165) is 43.0 Å². The summed E-state index contributed by atoms with van der Waals surface area (Å²) in [5, 5.41) is 8.99. The molecule has 0 heterocycles. The van der Waals surface area contributed by atoms with E-state index in [2.05, 4.69) is 6.58 Å². The van der Waals surface area contributed by atoms with Crippen molar-refractivity contribution in [1.82, 2.24) is 0 Å². The summed E-state index contributed by atoms with van der Waals surface area (Å²) in [6, 6.07) is 1.40. The zero-order chi connectivity index (χ0) is 13.1. The molecule has 4 heteroatoms. The first-order valence-corrected chi connectivity index (χ1v) is 6.89. The van der Waals surface area contributed by atoms with Crippen LogP contribution in [0.25, 0.3) is 0 Å². The maximum atomic E-state index is 14.3. The summed E-state index contributed by atoms with van der Waals surface area (Å²) in [7, 11) is 0. The van der Waals surface area contributed by atoms with Gasteiger partial charge in [0.25, 0.3) is 0 Å². The Morgan fingerprint density at radius 2 is 2.00 bits per heavy atom. The highest BCUT2D eigenvalue weighted by molar-refractivity contribution is 8.16. The second-order valence-electron chi connectivity index (χ2n) is 4.36. The van der Waals surface area contributed by atoms with Gasteiger partial charge < -0.3 is 0 Å². The number of thioether (sulfide) groups is 1. The lowest BCUT2D eigenvalue weighted by Crippen LogP contribution is -2.08. The van der Waals surface area contributed by atoms with Gasteiger partial charge in [-0.25, -0.2) is 8.78 Å². The molecule has 96 valence electrons. The Kier molecular flexibility index (Phi) is 4.17. The minimum Gasteiger partial charge on any atom is -0.293 e. The topological polar surface area (TPSA) is 23.9 Å². The van der Waals surface area contributed by atoms with Gasteiger partial charge in [0.05, 0.1) is 5.56 Å². The average molecular weight is 267 g/mol. The van der Waals surface area contributed by atoms with Crippen molar-refractivity contribution >= 4 is 16.8 Å². The van der Waals surface area contributed by atoms with Gasteiger partial charge in [-0.05, 0) is 48.3 Å². The maximum absolute atomic E-state index is 14.3. The molecule has 0 saturated heterocycles. The van der Waals surface area contributed by atoms with Crippen LogP contribution >= 0.6 is 11.8 Å². The molecule has 1 aliphatic rings. The molecule has 1 aliphatic carbocycles. The largest absolute Gasteiger partial charge is 0.293 e. The summed E-state index contributed by atoms with van der Waals surface area (Å²) >= 11 is 0.936. The van der Waals surface area contributed by atoms with Crippen LogP contribution in [0.4, 0.5) is 8.78 Å². The second kappa shape index (κ2) is 5.65. The van der Waals surface area contributed by atoms with Crippen LogP contribution in [0, 0.1) is 17.0 Å². The third kappa shape index (κ3) is 2.48. The minimum atomic E-state index is -0.632. The zero-order valence-electron chi connectivity index (χ0n) is 10.1. The number of halogens is 2. The van der Waals surface area contributed by atoms with Gasteiger partial charge in [-0.3, -0.25) is 5.41 Å². The molecule has 0 spiro atoms. The van der Waals surface area contributed by atoms with Crippen molar-refractivity contribution in [3.63, 3.8) is 0 Å². The fourth-order valence-electron chi connectivity index (χ4n) is 2.35. The van der Waals surface area contributed by atoms with Gasteiger partial charge in [0.1, 0.15) is 16.7 Å². The van der Waals surface area contributed by atoms with E-state index in [1.807, 2.05) is 0 Å². The third-order valence-electron chi connectivity index (χ3n) is 3.21. The van der Waals surface area contributed by atoms with Crippen LogP contribution in [0.3, 0.4) is 0 Å². The second-order valence-corrected chi connectivity index (χ2v) is 5.34. The Morgan fingerprint density at radius 1 is 1.28 bits per heavy atom. The molecule has 0 radical (unpaired) electrons. The molecular formula is C14H15F2NS. The first kappa shape index (κ1) is 13.3. The Balaban J connectivity index is 2.51. The van der Waals surface area contributed by atoms with E-state index >= 15 is 0 Å². The number of nitrogens with one attached hydrogen (secondary N) is 1. The van der Waals surface area contributed by atoms with E-state index in [9.17, 15) is 8.78 Å². The Hall–Kier alpha value is -1.16. The van der Waals surface area contributed by atoms with Crippen LogP contribution in [-0.4, -0.2) is 5.04 Å². The summed E-state index contributed by atoms with van der Waals surface area (Å²) in [5.74, 6) is -1.18. The zero-order valence-corrected chi connectivity index (χ0v) is 10.9. The minimum absolute atomic E-state index is 0.118. The van der Waals surface area contributed by atoms with Crippen LogP contribution in [0.1, 0.15) is 36.0 Å². The van der Waals surface area contributed by atoms with E-state index in [1.165, 1.54) is 11.5 Å². The van der Waals surface area contributed by atoms with Crippen molar-refractivity contribution in [3.05, 3.63) is 46.4 Å². The van der Waals surface area contributed by atoms with Crippen molar-refractivity contribution in [2.24, 2.45) is 0 Å². The van der Waals surface area contributed by atoms with E-state index in [4.69, 9.17) is 5.41 Å². The average Bonchev–Trinajstić information content (AvgIpc) is 2.54. The molecule has 1 aromatic carbocycles. The molecule has 1 aromatic rings. The van der Waals surface area contributed by atoms with Gasteiger partial charge in [0.2, 0.25) is 0 Å². The third-order valence-corrected chi connectivity index (χ3v) is 3.82. The SMILES string of the molecule is C=CSC(=N)c1c(F)cc2c(c1F)CCCCC2. The predicted molar refractivity (Wildman–Crippen MR) is 72.2 cm³/mol. The summed E-state index contributed by atoms with van der Waals surface area (Å²) in [6.07, 6.45) is 4.32. The lowest BCUT2D eigenvalue weighted by atomic mass is 9.99. The van der Waals surface area contributed by atoms with Crippen molar-refractivity contribution in [1.29, 1.82) is 5.41 Å². The van der Waals surface area contributed by atoms with E-state index < -0.39 is 11.6 Å². The van der Waals surface area contributed by atoms with Crippen molar-refractivity contribution in [2.75, 3.05) is 0 Å². The van der Waals surface area contributed by atoms with Gasteiger partial charge in [-0.2, -0.15) is 0 Å². The molecule has 0 fully saturated rings. The summed E-state index contributed by atoms with van der Waals surface area (Å²) in [5.41, 5.74) is 1.15. The standard InChI is InChI=1S/C14H15F2NS/c1-2-18-14(17)12-11(15)8-9-6-4-3-5-7-10(9)13(12)16/h2,8,17H,1,3-7H2. The number of rotatable bonds is 2. The van der Waals surface area contributed by atoms with Gasteiger partial charge in [-0.1, -0.05) is 24.8 Å². The van der Waals surface area contributed by atoms with Gasteiger partial charge in [0.15, 0.2) is 0 Å². The molecule has 0 aromatic heterocycles. The number of aryl methyl sites for hydroxylation is 1. The lowest BCUT2D eigenvalue weighted by Gasteiger charge is -2.12. The van der Waals surface area contributed by atoms with Gasteiger partial charge in [-0.15, -0.1) is 0 Å². The van der Waals surface area contributed by atoms with Crippen LogP contribution in [0.15, 0.2) is 18.1 Å². The van der Waals surface area contributed by atoms with E-state index in [-0.39, 0.29) is 10.6 Å². The number of fused-ring (bicyclic) bond motifs is 1. The number of hydrogen-bond acceptors (Lipinski definition) is 2. The molecular weight excluding hydrogens is 252 g/mol. The van der Waals surface area contributed by atoms with Crippen LogP contribution in [0.2, 0.25) is 0 Å². The van der Waals surface area contributed by atoms with E-state index in [0.29, 0.717) is 12.0 Å². The van der Waals surface area contributed by atoms with Crippen LogP contribution < -0.4 is 0 Å². The lowest BCUT2D eigenvalue weighted by molar-refractivity contribution is 0.564. The molecule has 18 heavy (non-hydrogen) atoms. The number of benzene rings is 1. The van der Waals surface area contributed by atoms with E-state index in [1.54, 1.807) is 0 Å². The number of hydrogen-bond donors (Lipinski definition) is 1. The fourth-order valence-corrected chi connectivity index (χ4v) is 2.82.